The second-order valence-electron chi connectivity index (χ2n) is 6.71. The van der Waals surface area contributed by atoms with Gasteiger partial charge in [0, 0.05) is 31.7 Å². The van der Waals surface area contributed by atoms with Gasteiger partial charge in [0.15, 0.2) is 0 Å². The Morgan fingerprint density at radius 1 is 1.04 bits per heavy atom. The van der Waals surface area contributed by atoms with E-state index in [1.54, 1.807) is 18.7 Å². The number of hydrogen-bond donors (Lipinski definition) is 0. The van der Waals surface area contributed by atoms with E-state index in [1.165, 1.54) is 5.56 Å². The van der Waals surface area contributed by atoms with Crippen LogP contribution >= 0.6 is 0 Å². The maximum atomic E-state index is 12.9. The molecule has 2 aromatic heterocycles. The predicted octanol–water partition coefficient (Wildman–Crippen LogP) is 3.68. The third kappa shape index (κ3) is 3.52. The fraction of sp³-hybridized carbons (Fsp3) is 0.286. The van der Waals surface area contributed by atoms with Crippen molar-refractivity contribution in [2.75, 3.05) is 13.1 Å². The van der Waals surface area contributed by atoms with E-state index in [4.69, 9.17) is 0 Å². The van der Waals surface area contributed by atoms with E-state index >= 15 is 0 Å². The fourth-order valence-electron chi connectivity index (χ4n) is 3.60. The molecule has 1 aliphatic heterocycles. The summed E-state index contributed by atoms with van der Waals surface area (Å²) in [4.78, 5) is 23.2. The summed E-state index contributed by atoms with van der Waals surface area (Å²) < 4.78 is 1.82. The molecule has 3 aromatic rings. The molecule has 26 heavy (non-hydrogen) atoms. The molecule has 5 nitrogen and oxygen atoms in total. The van der Waals surface area contributed by atoms with Crippen molar-refractivity contribution in [3.63, 3.8) is 0 Å². The lowest BCUT2D eigenvalue weighted by Crippen LogP contribution is -2.32. The molecular formula is C21H22N4O. The number of carbonyl (C=O) groups excluding carboxylic acids is 1. The Labute approximate surface area is 153 Å². The molecule has 0 spiro atoms. The van der Waals surface area contributed by atoms with E-state index in [1.807, 2.05) is 27.8 Å². The summed E-state index contributed by atoms with van der Waals surface area (Å²) in [6.07, 6.45) is 10.1. The quantitative estimate of drug-likeness (QED) is 0.727. The van der Waals surface area contributed by atoms with Gasteiger partial charge >= 0.3 is 0 Å². The molecule has 1 amide bonds. The number of amides is 1. The number of aromatic nitrogens is 3. The monoisotopic (exact) mass is 346 g/mol. The number of hydrogen-bond acceptors (Lipinski definition) is 3. The van der Waals surface area contributed by atoms with Gasteiger partial charge in [0.25, 0.3) is 5.91 Å². The summed E-state index contributed by atoms with van der Waals surface area (Å²) >= 11 is 0. The van der Waals surface area contributed by atoms with Gasteiger partial charge < -0.3 is 4.90 Å². The molecule has 0 saturated carbocycles. The van der Waals surface area contributed by atoms with Crippen molar-refractivity contribution in [2.24, 2.45) is 0 Å². The zero-order chi connectivity index (χ0) is 17.8. The van der Waals surface area contributed by atoms with Crippen molar-refractivity contribution < 1.29 is 4.79 Å². The first-order valence-corrected chi connectivity index (χ1v) is 9.10. The Kier molecular flexibility index (Phi) is 4.78. The number of pyridine rings is 1. The highest BCUT2D eigenvalue weighted by atomic mass is 16.2. The van der Waals surface area contributed by atoms with Crippen molar-refractivity contribution >= 4 is 5.91 Å². The van der Waals surface area contributed by atoms with Crippen LogP contribution in [-0.2, 0) is 0 Å². The van der Waals surface area contributed by atoms with Crippen LogP contribution in [0.3, 0.4) is 0 Å². The Hall–Kier alpha value is -2.95. The van der Waals surface area contributed by atoms with Crippen molar-refractivity contribution in [3.05, 3.63) is 78.5 Å². The molecule has 1 saturated heterocycles. The average molecular weight is 346 g/mol. The van der Waals surface area contributed by atoms with Gasteiger partial charge in [0.1, 0.15) is 12.1 Å². The molecule has 1 aliphatic rings. The zero-order valence-corrected chi connectivity index (χ0v) is 14.7. The first kappa shape index (κ1) is 16.5. The maximum absolute atomic E-state index is 12.9. The number of likely N-dealkylation sites (tertiary alicyclic amines) is 1. The molecule has 0 N–H and O–H groups in total. The number of rotatable bonds is 3. The lowest BCUT2D eigenvalue weighted by molar-refractivity contribution is 0.0760. The topological polar surface area (TPSA) is 51.0 Å². The minimum Gasteiger partial charge on any atom is -0.339 e. The van der Waals surface area contributed by atoms with E-state index in [2.05, 4.69) is 40.3 Å². The van der Waals surface area contributed by atoms with Gasteiger partial charge in [-0.3, -0.25) is 9.36 Å². The van der Waals surface area contributed by atoms with Crippen LogP contribution in [-0.4, -0.2) is 38.4 Å². The van der Waals surface area contributed by atoms with Gasteiger partial charge in [-0.05, 0) is 42.9 Å². The molecule has 3 heterocycles. The molecule has 1 fully saturated rings. The zero-order valence-electron chi connectivity index (χ0n) is 14.7. The second-order valence-corrected chi connectivity index (χ2v) is 6.71. The largest absolute Gasteiger partial charge is 0.339 e. The normalized spacial score (nSPS) is 17.7. The fourth-order valence-corrected chi connectivity index (χ4v) is 3.60. The van der Waals surface area contributed by atoms with Crippen molar-refractivity contribution in [2.45, 2.75) is 25.2 Å². The highest BCUT2D eigenvalue weighted by Crippen LogP contribution is 2.28. The number of imidazole rings is 1. The second kappa shape index (κ2) is 7.52. The van der Waals surface area contributed by atoms with Crippen LogP contribution in [0.4, 0.5) is 0 Å². The number of carbonyl (C=O) groups is 1. The minimum atomic E-state index is 0.0726. The van der Waals surface area contributed by atoms with Crippen molar-refractivity contribution in [1.82, 2.24) is 19.4 Å². The standard InChI is InChI=1S/C21H22N4O/c26-21(19-8-9-20(23-15-19)25-14-11-22-16-25)24-12-4-7-18(10-13-24)17-5-2-1-3-6-17/h1-3,5-6,8-9,11,14-16,18H,4,7,10,12-13H2/t18-/m1/s1. The van der Waals surface area contributed by atoms with Gasteiger partial charge in [-0.25, -0.2) is 9.97 Å². The smallest absolute Gasteiger partial charge is 0.255 e. The summed E-state index contributed by atoms with van der Waals surface area (Å²) in [5.74, 6) is 1.37. The Morgan fingerprint density at radius 3 is 2.65 bits per heavy atom. The van der Waals surface area contributed by atoms with Crippen LogP contribution in [0, 0.1) is 0 Å². The number of nitrogens with zero attached hydrogens (tertiary/aromatic N) is 4. The molecule has 0 unspecified atom stereocenters. The van der Waals surface area contributed by atoms with Gasteiger partial charge in [0.05, 0.1) is 5.56 Å². The summed E-state index contributed by atoms with van der Waals surface area (Å²) in [6, 6.07) is 14.3. The van der Waals surface area contributed by atoms with Crippen LogP contribution < -0.4 is 0 Å². The molecule has 1 atom stereocenters. The average Bonchev–Trinajstić information content (AvgIpc) is 3.13. The lowest BCUT2D eigenvalue weighted by Gasteiger charge is -2.21. The van der Waals surface area contributed by atoms with Crippen molar-refractivity contribution in [3.8, 4) is 5.82 Å². The molecule has 4 rings (SSSR count). The first-order chi connectivity index (χ1) is 12.8. The van der Waals surface area contributed by atoms with Gasteiger partial charge in [-0.1, -0.05) is 30.3 Å². The van der Waals surface area contributed by atoms with E-state index in [-0.39, 0.29) is 5.91 Å². The summed E-state index contributed by atoms with van der Waals surface area (Å²) in [6.45, 7) is 1.60. The molecule has 1 aromatic carbocycles. The number of benzene rings is 1. The lowest BCUT2D eigenvalue weighted by atomic mass is 9.92. The third-order valence-electron chi connectivity index (χ3n) is 5.05. The van der Waals surface area contributed by atoms with Crippen molar-refractivity contribution in [1.29, 1.82) is 0 Å². The Morgan fingerprint density at radius 2 is 1.92 bits per heavy atom. The Balaban J connectivity index is 1.43. The minimum absolute atomic E-state index is 0.0726. The Bertz CT molecular complexity index is 843. The molecule has 0 aliphatic carbocycles. The van der Waals surface area contributed by atoms with Crippen LogP contribution in [0.1, 0.15) is 41.1 Å². The van der Waals surface area contributed by atoms with Crippen LogP contribution in [0.15, 0.2) is 67.4 Å². The summed E-state index contributed by atoms with van der Waals surface area (Å²) in [5, 5.41) is 0. The molecule has 0 radical (unpaired) electrons. The van der Waals surface area contributed by atoms with E-state index in [0.29, 0.717) is 11.5 Å². The van der Waals surface area contributed by atoms with E-state index in [9.17, 15) is 4.79 Å². The summed E-state index contributed by atoms with van der Waals surface area (Å²) in [7, 11) is 0. The van der Waals surface area contributed by atoms with Gasteiger partial charge in [-0.2, -0.15) is 0 Å². The highest BCUT2D eigenvalue weighted by Gasteiger charge is 2.22. The van der Waals surface area contributed by atoms with Crippen LogP contribution in [0.2, 0.25) is 0 Å². The predicted molar refractivity (Wildman–Crippen MR) is 100 cm³/mol. The summed E-state index contributed by atoms with van der Waals surface area (Å²) in [5.41, 5.74) is 2.03. The highest BCUT2D eigenvalue weighted by molar-refractivity contribution is 5.94. The maximum Gasteiger partial charge on any atom is 0.255 e. The molecule has 132 valence electrons. The van der Waals surface area contributed by atoms with Crippen LogP contribution in [0.5, 0.6) is 0 Å². The molecule has 5 heteroatoms. The van der Waals surface area contributed by atoms with Crippen LogP contribution in [0.25, 0.3) is 5.82 Å². The van der Waals surface area contributed by atoms with Gasteiger partial charge in [0.2, 0.25) is 0 Å². The first-order valence-electron chi connectivity index (χ1n) is 9.10. The molecular weight excluding hydrogens is 324 g/mol. The van der Waals surface area contributed by atoms with Gasteiger partial charge in [-0.15, -0.1) is 0 Å². The van der Waals surface area contributed by atoms with E-state index < -0.39 is 0 Å². The SMILES string of the molecule is O=C(c1ccc(-n2ccnc2)nc1)N1CCC[C@@H](c2ccccc2)CC1. The van der Waals surface area contributed by atoms with E-state index in [0.717, 1.165) is 38.2 Å². The molecule has 0 bridgehead atoms. The third-order valence-corrected chi connectivity index (χ3v) is 5.05.